The summed E-state index contributed by atoms with van der Waals surface area (Å²) in [7, 11) is 0. The van der Waals surface area contributed by atoms with Crippen LogP contribution in [0.3, 0.4) is 0 Å². The predicted octanol–water partition coefficient (Wildman–Crippen LogP) is 1.56. The number of esters is 1. The Bertz CT molecular complexity index is 606. The summed E-state index contributed by atoms with van der Waals surface area (Å²) in [5.41, 5.74) is 13.8. The summed E-state index contributed by atoms with van der Waals surface area (Å²) >= 11 is 0. The Morgan fingerprint density at radius 3 is 2.71 bits per heavy atom. The van der Waals surface area contributed by atoms with Gasteiger partial charge in [0.2, 0.25) is 0 Å². The molecule has 5 heteroatoms. The van der Waals surface area contributed by atoms with Crippen LogP contribution in [0.1, 0.15) is 19.4 Å². The normalized spacial score (nSPS) is 14.3. The monoisotopic (exact) mass is 289 g/mol. The lowest BCUT2D eigenvalue weighted by Gasteiger charge is -2.17. The van der Waals surface area contributed by atoms with Gasteiger partial charge in [-0.3, -0.25) is 4.79 Å². The molecule has 0 spiro atoms. The zero-order chi connectivity index (χ0) is 15.4. The van der Waals surface area contributed by atoms with Gasteiger partial charge in [-0.25, -0.2) is 0 Å². The van der Waals surface area contributed by atoms with Crippen molar-refractivity contribution in [2.24, 2.45) is 17.4 Å². The second kappa shape index (κ2) is 6.74. The molecular weight excluding hydrogens is 266 g/mol. The SMILES string of the molecule is CC(C)[C@H](N)COC(=O)[C@@H](N)Cc1c[nH]c2ccccc12. The van der Waals surface area contributed by atoms with Crippen LogP contribution in [0.4, 0.5) is 0 Å². The van der Waals surface area contributed by atoms with Crippen LogP contribution in [-0.4, -0.2) is 29.6 Å². The molecule has 1 aromatic heterocycles. The van der Waals surface area contributed by atoms with Gasteiger partial charge in [0.15, 0.2) is 0 Å². The molecule has 0 radical (unpaired) electrons. The van der Waals surface area contributed by atoms with E-state index >= 15 is 0 Å². The highest BCUT2D eigenvalue weighted by Gasteiger charge is 2.19. The number of nitrogens with one attached hydrogen (secondary N) is 1. The minimum absolute atomic E-state index is 0.158. The number of carbonyl (C=O) groups excluding carboxylic acids is 1. The van der Waals surface area contributed by atoms with Crippen LogP contribution >= 0.6 is 0 Å². The van der Waals surface area contributed by atoms with Crippen LogP contribution in [0.25, 0.3) is 10.9 Å². The molecule has 0 aliphatic heterocycles. The van der Waals surface area contributed by atoms with E-state index in [0.717, 1.165) is 16.5 Å². The van der Waals surface area contributed by atoms with E-state index in [1.807, 2.05) is 44.3 Å². The number of fused-ring (bicyclic) bond motifs is 1. The van der Waals surface area contributed by atoms with Crippen molar-refractivity contribution in [2.75, 3.05) is 6.61 Å². The second-order valence-corrected chi connectivity index (χ2v) is 5.71. The molecule has 2 rings (SSSR count). The first-order chi connectivity index (χ1) is 9.99. The maximum atomic E-state index is 11.9. The Kier molecular flexibility index (Phi) is 4.98. The molecule has 2 aromatic rings. The second-order valence-electron chi connectivity index (χ2n) is 5.71. The van der Waals surface area contributed by atoms with Gasteiger partial charge in [-0.1, -0.05) is 32.0 Å². The maximum absolute atomic E-state index is 11.9. The molecule has 1 aromatic carbocycles. The van der Waals surface area contributed by atoms with E-state index < -0.39 is 12.0 Å². The van der Waals surface area contributed by atoms with Crippen molar-refractivity contribution in [2.45, 2.75) is 32.4 Å². The summed E-state index contributed by atoms with van der Waals surface area (Å²) < 4.78 is 5.19. The van der Waals surface area contributed by atoms with Crippen molar-refractivity contribution in [1.82, 2.24) is 4.98 Å². The summed E-state index contributed by atoms with van der Waals surface area (Å²) in [6.07, 6.45) is 2.33. The number of aromatic nitrogens is 1. The van der Waals surface area contributed by atoms with Crippen molar-refractivity contribution in [1.29, 1.82) is 0 Å². The lowest BCUT2D eigenvalue weighted by molar-refractivity contribution is -0.145. The van der Waals surface area contributed by atoms with Crippen LogP contribution in [0.5, 0.6) is 0 Å². The molecule has 0 bridgehead atoms. The van der Waals surface area contributed by atoms with E-state index in [0.29, 0.717) is 6.42 Å². The smallest absolute Gasteiger partial charge is 0.323 e. The molecular formula is C16H23N3O2. The van der Waals surface area contributed by atoms with Gasteiger partial charge in [0.05, 0.1) is 0 Å². The van der Waals surface area contributed by atoms with E-state index in [2.05, 4.69) is 4.98 Å². The number of H-pyrrole nitrogens is 1. The first-order valence-electron chi connectivity index (χ1n) is 7.22. The van der Waals surface area contributed by atoms with Crippen LogP contribution in [0.2, 0.25) is 0 Å². The average Bonchev–Trinajstić information content (AvgIpc) is 2.87. The standard InChI is InChI=1S/C16H23N3O2/c1-10(2)14(18)9-21-16(20)13(17)7-11-8-19-15-6-4-3-5-12(11)15/h3-6,8,10,13-14,19H,7,9,17-18H2,1-2H3/t13-,14+/m0/s1. The van der Waals surface area contributed by atoms with Crippen molar-refractivity contribution in [3.8, 4) is 0 Å². The third kappa shape index (κ3) is 3.83. The number of carbonyl (C=O) groups is 1. The fourth-order valence-corrected chi connectivity index (χ4v) is 2.10. The van der Waals surface area contributed by atoms with Gasteiger partial charge in [-0.15, -0.1) is 0 Å². The average molecular weight is 289 g/mol. The largest absolute Gasteiger partial charge is 0.463 e. The highest BCUT2D eigenvalue weighted by molar-refractivity contribution is 5.84. The lowest BCUT2D eigenvalue weighted by atomic mass is 10.1. The first kappa shape index (κ1) is 15.5. The molecule has 0 unspecified atom stereocenters. The van der Waals surface area contributed by atoms with Crippen LogP contribution in [0, 0.1) is 5.92 Å². The van der Waals surface area contributed by atoms with E-state index in [1.54, 1.807) is 0 Å². The molecule has 0 amide bonds. The molecule has 114 valence electrons. The van der Waals surface area contributed by atoms with E-state index in [-0.39, 0.29) is 18.6 Å². The number of hydrogen-bond donors (Lipinski definition) is 3. The summed E-state index contributed by atoms with van der Waals surface area (Å²) in [4.78, 5) is 15.1. The highest BCUT2D eigenvalue weighted by Crippen LogP contribution is 2.18. The Labute approximate surface area is 124 Å². The zero-order valence-corrected chi connectivity index (χ0v) is 12.5. The van der Waals surface area contributed by atoms with Gasteiger partial charge >= 0.3 is 5.97 Å². The Morgan fingerprint density at radius 1 is 1.29 bits per heavy atom. The van der Waals surface area contributed by atoms with Crippen molar-refractivity contribution in [3.63, 3.8) is 0 Å². The number of para-hydroxylation sites is 1. The number of benzene rings is 1. The summed E-state index contributed by atoms with van der Waals surface area (Å²) in [5.74, 6) is -0.140. The van der Waals surface area contributed by atoms with Crippen LogP contribution < -0.4 is 11.5 Å². The summed E-state index contributed by atoms with van der Waals surface area (Å²) in [6, 6.07) is 7.09. The molecule has 21 heavy (non-hydrogen) atoms. The summed E-state index contributed by atoms with van der Waals surface area (Å²) in [6.45, 7) is 4.19. The first-order valence-corrected chi connectivity index (χ1v) is 7.22. The molecule has 0 aliphatic carbocycles. The molecule has 1 heterocycles. The highest BCUT2D eigenvalue weighted by atomic mass is 16.5. The lowest BCUT2D eigenvalue weighted by Crippen LogP contribution is -2.39. The molecule has 0 saturated carbocycles. The third-order valence-corrected chi connectivity index (χ3v) is 3.69. The molecule has 5 N–H and O–H groups in total. The van der Waals surface area contributed by atoms with Crippen molar-refractivity contribution in [3.05, 3.63) is 36.0 Å². The Balaban J connectivity index is 1.94. The minimum atomic E-state index is -0.677. The van der Waals surface area contributed by atoms with Gasteiger partial charge in [0.1, 0.15) is 12.6 Å². The topological polar surface area (TPSA) is 94.1 Å². The van der Waals surface area contributed by atoms with Crippen LogP contribution in [0.15, 0.2) is 30.5 Å². The number of ether oxygens (including phenoxy) is 1. The van der Waals surface area contributed by atoms with E-state index in [9.17, 15) is 4.79 Å². The minimum Gasteiger partial charge on any atom is -0.463 e. The van der Waals surface area contributed by atoms with E-state index in [1.165, 1.54) is 0 Å². The van der Waals surface area contributed by atoms with E-state index in [4.69, 9.17) is 16.2 Å². The van der Waals surface area contributed by atoms with Crippen LogP contribution in [-0.2, 0) is 16.0 Å². The molecule has 0 saturated heterocycles. The number of rotatable bonds is 6. The predicted molar refractivity (Wildman–Crippen MR) is 83.8 cm³/mol. The molecule has 0 aliphatic rings. The van der Waals surface area contributed by atoms with Gasteiger partial charge in [-0.2, -0.15) is 0 Å². The molecule has 5 nitrogen and oxygen atoms in total. The number of hydrogen-bond acceptors (Lipinski definition) is 4. The number of nitrogens with two attached hydrogens (primary N) is 2. The number of aromatic amines is 1. The maximum Gasteiger partial charge on any atom is 0.323 e. The quantitative estimate of drug-likeness (QED) is 0.703. The molecule has 2 atom stereocenters. The zero-order valence-electron chi connectivity index (χ0n) is 12.5. The molecule has 0 fully saturated rings. The fourth-order valence-electron chi connectivity index (χ4n) is 2.10. The van der Waals surface area contributed by atoms with Gasteiger partial charge in [0.25, 0.3) is 0 Å². The Hall–Kier alpha value is -1.85. The fraction of sp³-hybridized carbons (Fsp3) is 0.438. The van der Waals surface area contributed by atoms with Crippen molar-refractivity contribution < 1.29 is 9.53 Å². The van der Waals surface area contributed by atoms with Crippen molar-refractivity contribution >= 4 is 16.9 Å². The summed E-state index contributed by atoms with van der Waals surface area (Å²) in [5, 5.41) is 1.08. The third-order valence-electron chi connectivity index (χ3n) is 3.69. The Morgan fingerprint density at radius 2 is 2.00 bits per heavy atom. The van der Waals surface area contributed by atoms with Gasteiger partial charge in [0, 0.05) is 29.6 Å². The van der Waals surface area contributed by atoms with Gasteiger partial charge < -0.3 is 21.2 Å². The van der Waals surface area contributed by atoms with Gasteiger partial charge in [-0.05, 0) is 17.5 Å².